The van der Waals surface area contributed by atoms with Crippen molar-refractivity contribution in [3.8, 4) is 0 Å². The number of ketones is 1. The third kappa shape index (κ3) is 3.36. The SMILES string of the molecule is CC(=O)/C(Cl)=N/Nc1ccc(Cl)cc1. The first-order valence-electron chi connectivity index (χ1n) is 3.85. The second-order valence-corrected chi connectivity index (χ2v) is 3.37. The second-order valence-electron chi connectivity index (χ2n) is 2.58. The van der Waals surface area contributed by atoms with Crippen LogP contribution in [-0.4, -0.2) is 11.0 Å². The van der Waals surface area contributed by atoms with Crippen LogP contribution in [0.4, 0.5) is 5.69 Å². The van der Waals surface area contributed by atoms with Crippen molar-refractivity contribution in [3.05, 3.63) is 29.3 Å². The molecular formula is C9H8Cl2N2O. The van der Waals surface area contributed by atoms with Gasteiger partial charge < -0.3 is 0 Å². The molecule has 0 aliphatic heterocycles. The van der Waals surface area contributed by atoms with Gasteiger partial charge in [0.25, 0.3) is 0 Å². The molecule has 0 bridgehead atoms. The van der Waals surface area contributed by atoms with E-state index in [1.54, 1.807) is 24.3 Å². The van der Waals surface area contributed by atoms with Crippen LogP contribution >= 0.6 is 23.2 Å². The van der Waals surface area contributed by atoms with Gasteiger partial charge in [-0.15, -0.1) is 0 Å². The monoisotopic (exact) mass is 230 g/mol. The summed E-state index contributed by atoms with van der Waals surface area (Å²) in [5.41, 5.74) is 3.35. The van der Waals surface area contributed by atoms with Crippen molar-refractivity contribution >= 4 is 39.8 Å². The van der Waals surface area contributed by atoms with Gasteiger partial charge in [0.05, 0.1) is 5.69 Å². The largest absolute Gasteiger partial charge is 0.292 e. The molecule has 0 unspecified atom stereocenters. The van der Waals surface area contributed by atoms with Gasteiger partial charge in [0.2, 0.25) is 0 Å². The molecule has 5 heteroatoms. The molecule has 0 fully saturated rings. The summed E-state index contributed by atoms with van der Waals surface area (Å²) in [5, 5.41) is 4.22. The fraction of sp³-hybridized carbons (Fsp3) is 0.111. The second kappa shape index (κ2) is 4.98. The lowest BCUT2D eigenvalue weighted by atomic mass is 10.3. The van der Waals surface area contributed by atoms with Gasteiger partial charge in [-0.05, 0) is 24.3 Å². The topological polar surface area (TPSA) is 41.5 Å². The number of carbonyl (C=O) groups is 1. The zero-order chi connectivity index (χ0) is 10.6. The van der Waals surface area contributed by atoms with Crippen LogP contribution in [0.15, 0.2) is 29.4 Å². The molecule has 0 aromatic heterocycles. The molecule has 74 valence electrons. The molecule has 0 amide bonds. The van der Waals surface area contributed by atoms with Crippen LogP contribution in [0.25, 0.3) is 0 Å². The molecule has 0 atom stereocenters. The Bertz CT molecular complexity index is 360. The number of carbonyl (C=O) groups excluding carboxylic acids is 1. The number of benzene rings is 1. The van der Waals surface area contributed by atoms with E-state index in [-0.39, 0.29) is 11.0 Å². The third-order valence-corrected chi connectivity index (χ3v) is 2.02. The summed E-state index contributed by atoms with van der Waals surface area (Å²) in [6, 6.07) is 6.88. The smallest absolute Gasteiger partial charge is 0.191 e. The lowest BCUT2D eigenvalue weighted by Gasteiger charge is -1.99. The molecule has 1 N–H and O–H groups in total. The quantitative estimate of drug-likeness (QED) is 0.641. The highest BCUT2D eigenvalue weighted by molar-refractivity contribution is 6.82. The van der Waals surface area contributed by atoms with Gasteiger partial charge in [0.1, 0.15) is 0 Å². The van der Waals surface area contributed by atoms with E-state index in [1.165, 1.54) is 6.92 Å². The predicted molar refractivity (Wildman–Crippen MR) is 59.0 cm³/mol. The van der Waals surface area contributed by atoms with E-state index < -0.39 is 0 Å². The molecular weight excluding hydrogens is 223 g/mol. The molecule has 1 aromatic rings. The number of hydrogen-bond donors (Lipinski definition) is 1. The average Bonchev–Trinajstić information content (AvgIpc) is 2.16. The fourth-order valence-corrected chi connectivity index (χ4v) is 0.885. The lowest BCUT2D eigenvalue weighted by Crippen LogP contribution is -2.04. The van der Waals surface area contributed by atoms with Crippen molar-refractivity contribution in [1.29, 1.82) is 0 Å². The molecule has 3 nitrogen and oxygen atoms in total. The molecule has 1 aromatic carbocycles. The van der Waals surface area contributed by atoms with E-state index in [0.717, 1.165) is 0 Å². The molecule has 0 spiro atoms. The molecule has 0 saturated heterocycles. The number of halogens is 2. The minimum atomic E-state index is -0.284. The van der Waals surface area contributed by atoms with Gasteiger partial charge in [-0.3, -0.25) is 10.2 Å². The first kappa shape index (κ1) is 11.0. The molecule has 0 radical (unpaired) electrons. The normalized spacial score (nSPS) is 11.2. The number of Topliss-reactive ketones (excluding diaryl/α,β-unsaturated/α-hetero) is 1. The Morgan fingerprint density at radius 3 is 2.43 bits per heavy atom. The van der Waals surface area contributed by atoms with Crippen LogP contribution in [-0.2, 0) is 4.79 Å². The highest BCUT2D eigenvalue weighted by atomic mass is 35.5. The van der Waals surface area contributed by atoms with Crippen molar-refractivity contribution in [2.24, 2.45) is 5.10 Å². The highest BCUT2D eigenvalue weighted by Crippen LogP contribution is 2.13. The van der Waals surface area contributed by atoms with Crippen molar-refractivity contribution in [3.63, 3.8) is 0 Å². The van der Waals surface area contributed by atoms with Crippen LogP contribution < -0.4 is 5.43 Å². The van der Waals surface area contributed by atoms with Crippen molar-refractivity contribution in [1.82, 2.24) is 0 Å². The summed E-state index contributed by atoms with van der Waals surface area (Å²) in [6.07, 6.45) is 0. The summed E-state index contributed by atoms with van der Waals surface area (Å²) < 4.78 is 0. The number of nitrogens with zero attached hydrogens (tertiary/aromatic N) is 1. The van der Waals surface area contributed by atoms with E-state index in [0.29, 0.717) is 10.7 Å². The van der Waals surface area contributed by atoms with Crippen LogP contribution in [0.5, 0.6) is 0 Å². The Kier molecular flexibility index (Phi) is 3.92. The van der Waals surface area contributed by atoms with Gasteiger partial charge in [0, 0.05) is 11.9 Å². The number of hydrogen-bond acceptors (Lipinski definition) is 3. The van der Waals surface area contributed by atoms with Crippen LogP contribution in [0.3, 0.4) is 0 Å². The Morgan fingerprint density at radius 2 is 1.93 bits per heavy atom. The fourth-order valence-electron chi connectivity index (χ4n) is 0.717. The van der Waals surface area contributed by atoms with Gasteiger partial charge in [0.15, 0.2) is 11.0 Å². The average molecular weight is 231 g/mol. The predicted octanol–water partition coefficient (Wildman–Crippen LogP) is 2.89. The molecule has 0 aliphatic rings. The first-order chi connectivity index (χ1) is 6.59. The zero-order valence-electron chi connectivity index (χ0n) is 7.42. The Balaban J connectivity index is 2.66. The van der Waals surface area contributed by atoms with E-state index in [1.807, 2.05) is 0 Å². The standard InChI is InChI=1S/C9H8Cl2N2O/c1-6(14)9(11)13-12-8-4-2-7(10)3-5-8/h2-5,12H,1H3/b13-9-. The summed E-state index contributed by atoms with van der Waals surface area (Å²) in [5.74, 6) is -0.284. The number of rotatable bonds is 3. The highest BCUT2D eigenvalue weighted by Gasteiger charge is 1.99. The van der Waals surface area contributed by atoms with Crippen molar-refractivity contribution < 1.29 is 4.79 Å². The van der Waals surface area contributed by atoms with E-state index >= 15 is 0 Å². The summed E-state index contributed by atoms with van der Waals surface area (Å²) in [7, 11) is 0. The summed E-state index contributed by atoms with van der Waals surface area (Å²) in [4.78, 5) is 10.7. The van der Waals surface area contributed by atoms with Crippen LogP contribution in [0, 0.1) is 0 Å². The summed E-state index contributed by atoms with van der Waals surface area (Å²) >= 11 is 11.2. The van der Waals surface area contributed by atoms with E-state index in [4.69, 9.17) is 23.2 Å². The number of nitrogens with one attached hydrogen (secondary N) is 1. The van der Waals surface area contributed by atoms with E-state index in [9.17, 15) is 4.79 Å². The number of hydrazone groups is 1. The first-order valence-corrected chi connectivity index (χ1v) is 4.61. The minimum absolute atomic E-state index is 0.0834. The van der Waals surface area contributed by atoms with Gasteiger partial charge >= 0.3 is 0 Å². The maximum absolute atomic E-state index is 10.7. The molecule has 0 aliphatic carbocycles. The Labute approximate surface area is 91.7 Å². The van der Waals surface area contributed by atoms with Crippen LogP contribution in [0.1, 0.15) is 6.92 Å². The zero-order valence-corrected chi connectivity index (χ0v) is 8.93. The Hall–Kier alpha value is -1.06. The van der Waals surface area contributed by atoms with Gasteiger partial charge in [-0.25, -0.2) is 0 Å². The molecule has 1 rings (SSSR count). The maximum Gasteiger partial charge on any atom is 0.191 e. The lowest BCUT2D eigenvalue weighted by molar-refractivity contribution is -0.110. The number of anilines is 1. The molecule has 0 heterocycles. The molecule has 14 heavy (non-hydrogen) atoms. The van der Waals surface area contributed by atoms with Crippen LogP contribution in [0.2, 0.25) is 5.02 Å². The van der Waals surface area contributed by atoms with Gasteiger partial charge in [-0.2, -0.15) is 5.10 Å². The maximum atomic E-state index is 10.7. The minimum Gasteiger partial charge on any atom is -0.292 e. The molecule has 0 saturated carbocycles. The van der Waals surface area contributed by atoms with E-state index in [2.05, 4.69) is 10.5 Å². The van der Waals surface area contributed by atoms with Gasteiger partial charge in [-0.1, -0.05) is 23.2 Å². The Morgan fingerprint density at radius 1 is 1.36 bits per heavy atom. The third-order valence-electron chi connectivity index (χ3n) is 1.42. The van der Waals surface area contributed by atoms with Crippen molar-refractivity contribution in [2.45, 2.75) is 6.92 Å². The summed E-state index contributed by atoms with van der Waals surface area (Å²) in [6.45, 7) is 1.34. The van der Waals surface area contributed by atoms with Crippen molar-refractivity contribution in [2.75, 3.05) is 5.43 Å².